The predicted octanol–water partition coefficient (Wildman–Crippen LogP) is 3.49. The van der Waals surface area contributed by atoms with Crippen molar-refractivity contribution in [2.45, 2.75) is 45.1 Å². The molecule has 0 radical (unpaired) electrons. The molecule has 1 aliphatic rings. The minimum atomic E-state index is 0.0999. The van der Waals surface area contributed by atoms with Crippen LogP contribution in [0.25, 0.3) is 0 Å². The van der Waals surface area contributed by atoms with Gasteiger partial charge in [-0.15, -0.1) is 11.3 Å². The van der Waals surface area contributed by atoms with Crippen molar-refractivity contribution in [3.63, 3.8) is 0 Å². The van der Waals surface area contributed by atoms with E-state index >= 15 is 0 Å². The summed E-state index contributed by atoms with van der Waals surface area (Å²) < 4.78 is 7.30. The van der Waals surface area contributed by atoms with E-state index in [0.717, 1.165) is 49.4 Å². The monoisotopic (exact) mass is 347 g/mol. The molecular formula is C18H25N3O2S. The van der Waals surface area contributed by atoms with E-state index < -0.39 is 0 Å². The van der Waals surface area contributed by atoms with E-state index in [1.165, 1.54) is 4.88 Å². The Morgan fingerprint density at radius 2 is 2.33 bits per heavy atom. The Hall–Kier alpha value is -1.82. The summed E-state index contributed by atoms with van der Waals surface area (Å²) in [7, 11) is 3.56. The zero-order valence-corrected chi connectivity index (χ0v) is 15.4. The van der Waals surface area contributed by atoms with Crippen molar-refractivity contribution in [1.29, 1.82) is 0 Å². The number of ether oxygens (including phenoxy) is 1. The minimum absolute atomic E-state index is 0.0999. The van der Waals surface area contributed by atoms with Gasteiger partial charge in [0.1, 0.15) is 0 Å². The highest BCUT2D eigenvalue weighted by Gasteiger charge is 2.34. The standard InChI is InChI=1S/C18H25N3O2S/c1-13-17(18(23-3)20(2)19-13)15-9-5-11-21(15)16(22)10-4-7-14-8-6-12-24-14/h6,8,12,15H,4-5,7,9-11H2,1-3H3. The van der Waals surface area contributed by atoms with Gasteiger partial charge in [0.2, 0.25) is 11.8 Å². The van der Waals surface area contributed by atoms with Crippen molar-refractivity contribution in [3.05, 3.63) is 33.6 Å². The maximum Gasteiger partial charge on any atom is 0.223 e. The zero-order valence-electron chi connectivity index (χ0n) is 14.6. The van der Waals surface area contributed by atoms with Crippen LogP contribution in [0.15, 0.2) is 17.5 Å². The van der Waals surface area contributed by atoms with Crippen LogP contribution in [0.1, 0.15) is 47.9 Å². The van der Waals surface area contributed by atoms with Gasteiger partial charge in [0.15, 0.2) is 0 Å². The second-order valence-corrected chi connectivity index (χ2v) is 7.34. The third-order valence-corrected chi connectivity index (χ3v) is 5.64. The average molecular weight is 347 g/mol. The zero-order chi connectivity index (χ0) is 17.1. The Kier molecular flexibility index (Phi) is 5.23. The van der Waals surface area contributed by atoms with Gasteiger partial charge >= 0.3 is 0 Å². The van der Waals surface area contributed by atoms with Crippen LogP contribution in [0, 0.1) is 6.92 Å². The molecule has 2 aromatic heterocycles. The number of methoxy groups -OCH3 is 1. The van der Waals surface area contributed by atoms with Crippen molar-refractivity contribution in [1.82, 2.24) is 14.7 Å². The lowest BCUT2D eigenvalue weighted by atomic mass is 10.0. The highest BCUT2D eigenvalue weighted by Crippen LogP contribution is 2.39. The van der Waals surface area contributed by atoms with E-state index in [2.05, 4.69) is 22.6 Å². The number of amides is 1. The summed E-state index contributed by atoms with van der Waals surface area (Å²) in [6.45, 7) is 2.83. The average Bonchev–Trinajstić information content (AvgIpc) is 3.27. The van der Waals surface area contributed by atoms with Gasteiger partial charge in [-0.25, -0.2) is 4.68 Å². The van der Waals surface area contributed by atoms with Gasteiger partial charge in [0, 0.05) is 24.9 Å². The second-order valence-electron chi connectivity index (χ2n) is 6.31. The molecule has 6 heteroatoms. The third kappa shape index (κ3) is 3.34. The van der Waals surface area contributed by atoms with Crippen LogP contribution in [0.3, 0.4) is 0 Å². The first-order valence-corrected chi connectivity index (χ1v) is 9.39. The molecule has 24 heavy (non-hydrogen) atoms. The quantitative estimate of drug-likeness (QED) is 0.804. The summed E-state index contributed by atoms with van der Waals surface area (Å²) in [5, 5.41) is 6.56. The number of nitrogens with zero attached hydrogens (tertiary/aromatic N) is 3. The van der Waals surface area contributed by atoms with Gasteiger partial charge in [-0.1, -0.05) is 6.07 Å². The maximum absolute atomic E-state index is 12.7. The Balaban J connectivity index is 1.68. The first-order valence-electron chi connectivity index (χ1n) is 8.51. The summed E-state index contributed by atoms with van der Waals surface area (Å²) >= 11 is 1.76. The summed E-state index contributed by atoms with van der Waals surface area (Å²) in [4.78, 5) is 16.1. The van der Waals surface area contributed by atoms with Crippen molar-refractivity contribution in [2.24, 2.45) is 7.05 Å². The molecule has 130 valence electrons. The fraction of sp³-hybridized carbons (Fsp3) is 0.556. The van der Waals surface area contributed by atoms with Gasteiger partial charge in [0.05, 0.1) is 24.4 Å². The fourth-order valence-electron chi connectivity index (χ4n) is 3.66. The third-order valence-electron chi connectivity index (χ3n) is 4.71. The number of hydrogen-bond acceptors (Lipinski definition) is 4. The van der Waals surface area contributed by atoms with Crippen LogP contribution in [-0.2, 0) is 18.3 Å². The van der Waals surface area contributed by atoms with E-state index in [1.807, 2.05) is 18.9 Å². The lowest BCUT2D eigenvalue weighted by Crippen LogP contribution is -2.30. The molecule has 5 nitrogen and oxygen atoms in total. The van der Waals surface area contributed by atoms with Crippen molar-refractivity contribution in [2.75, 3.05) is 13.7 Å². The normalized spacial score (nSPS) is 17.5. The molecule has 0 bridgehead atoms. The predicted molar refractivity (Wildman–Crippen MR) is 95.4 cm³/mol. The van der Waals surface area contributed by atoms with Crippen molar-refractivity contribution >= 4 is 17.2 Å². The van der Waals surface area contributed by atoms with Crippen molar-refractivity contribution in [3.8, 4) is 5.88 Å². The molecule has 0 saturated carbocycles. The fourth-order valence-corrected chi connectivity index (χ4v) is 4.41. The van der Waals surface area contributed by atoms with E-state index in [4.69, 9.17) is 4.74 Å². The molecular weight excluding hydrogens is 322 g/mol. The van der Waals surface area contributed by atoms with Gasteiger partial charge in [-0.3, -0.25) is 4.79 Å². The number of hydrogen-bond donors (Lipinski definition) is 0. The Labute approximate surface area is 147 Å². The maximum atomic E-state index is 12.7. The van der Waals surface area contributed by atoms with E-state index in [9.17, 15) is 4.79 Å². The molecule has 1 atom stereocenters. The molecule has 1 aliphatic heterocycles. The van der Waals surface area contributed by atoms with Crippen LogP contribution in [0.2, 0.25) is 0 Å². The summed E-state index contributed by atoms with van der Waals surface area (Å²) in [5.74, 6) is 1.02. The van der Waals surface area contributed by atoms with Gasteiger partial charge in [0.25, 0.3) is 0 Å². The van der Waals surface area contributed by atoms with Crippen LogP contribution < -0.4 is 4.74 Å². The molecule has 3 rings (SSSR count). The summed E-state index contributed by atoms with van der Waals surface area (Å²) in [6.07, 6.45) is 4.53. The molecule has 3 heterocycles. The molecule has 1 unspecified atom stereocenters. The number of likely N-dealkylation sites (tertiary alicyclic amines) is 1. The lowest BCUT2D eigenvalue weighted by molar-refractivity contribution is -0.132. The highest BCUT2D eigenvalue weighted by molar-refractivity contribution is 7.09. The number of thiophene rings is 1. The molecule has 0 aliphatic carbocycles. The number of carbonyl (C=O) groups excluding carboxylic acids is 1. The number of aromatic nitrogens is 2. The Bertz CT molecular complexity index is 693. The number of rotatable bonds is 6. The molecule has 0 aromatic carbocycles. The SMILES string of the molecule is COc1c(C2CCCN2C(=O)CCCc2cccs2)c(C)nn1C. The molecule has 0 N–H and O–H groups in total. The molecule has 1 fully saturated rings. The first kappa shape index (κ1) is 17.0. The lowest BCUT2D eigenvalue weighted by Gasteiger charge is -2.25. The number of carbonyl (C=O) groups is 1. The first-order chi connectivity index (χ1) is 11.6. The number of aryl methyl sites for hydroxylation is 3. The topological polar surface area (TPSA) is 47.4 Å². The van der Waals surface area contributed by atoms with Gasteiger partial charge in [-0.2, -0.15) is 5.10 Å². The van der Waals surface area contributed by atoms with Crippen LogP contribution in [-0.4, -0.2) is 34.2 Å². The summed E-state index contributed by atoms with van der Waals surface area (Å²) in [6, 6.07) is 4.30. The summed E-state index contributed by atoms with van der Waals surface area (Å²) in [5.41, 5.74) is 2.03. The minimum Gasteiger partial charge on any atom is -0.481 e. The molecule has 1 saturated heterocycles. The van der Waals surface area contributed by atoms with E-state index in [1.54, 1.807) is 23.1 Å². The van der Waals surface area contributed by atoms with E-state index in [0.29, 0.717) is 6.42 Å². The highest BCUT2D eigenvalue weighted by atomic mass is 32.1. The van der Waals surface area contributed by atoms with Crippen LogP contribution in [0.4, 0.5) is 0 Å². The second kappa shape index (κ2) is 7.38. The smallest absolute Gasteiger partial charge is 0.223 e. The molecule has 0 spiro atoms. The van der Waals surface area contributed by atoms with Crippen molar-refractivity contribution < 1.29 is 9.53 Å². The van der Waals surface area contributed by atoms with Gasteiger partial charge in [-0.05, 0) is 44.1 Å². The molecule has 1 amide bonds. The van der Waals surface area contributed by atoms with Gasteiger partial charge < -0.3 is 9.64 Å². The van der Waals surface area contributed by atoms with E-state index in [-0.39, 0.29) is 11.9 Å². The van der Waals surface area contributed by atoms with Crippen LogP contribution in [0.5, 0.6) is 5.88 Å². The Morgan fingerprint density at radius 3 is 3.04 bits per heavy atom. The largest absolute Gasteiger partial charge is 0.481 e. The molecule has 2 aromatic rings. The Morgan fingerprint density at radius 1 is 1.50 bits per heavy atom. The van der Waals surface area contributed by atoms with Crippen LogP contribution >= 0.6 is 11.3 Å².